The van der Waals surface area contributed by atoms with E-state index in [9.17, 15) is 12.8 Å². The predicted molar refractivity (Wildman–Crippen MR) is 88.2 cm³/mol. The van der Waals surface area contributed by atoms with E-state index < -0.39 is 15.8 Å². The molecule has 112 valence electrons. The molecule has 0 aromatic heterocycles. The van der Waals surface area contributed by atoms with Crippen LogP contribution in [0.2, 0.25) is 0 Å². The summed E-state index contributed by atoms with van der Waals surface area (Å²) in [4.78, 5) is -0.110. The predicted octanol–water partition coefficient (Wildman–Crippen LogP) is 4.04. The first kappa shape index (κ1) is 16.3. The molecule has 0 bridgehead atoms. The second-order valence-corrected chi connectivity index (χ2v) is 7.78. The zero-order chi connectivity index (χ0) is 15.8. The summed E-state index contributed by atoms with van der Waals surface area (Å²) in [6.45, 7) is 1.88. The van der Waals surface area contributed by atoms with Crippen molar-refractivity contribution < 1.29 is 12.8 Å². The molecule has 3 N–H and O–H groups in total. The van der Waals surface area contributed by atoms with Crippen molar-refractivity contribution in [2.24, 2.45) is 0 Å². The molecule has 0 aliphatic rings. The Hall–Kier alpha value is -1.12. The number of aryl methyl sites for hydroxylation is 1. The summed E-state index contributed by atoms with van der Waals surface area (Å²) in [7, 11) is -3.87. The average Bonchev–Trinajstić information content (AvgIpc) is 2.37. The van der Waals surface area contributed by atoms with Crippen molar-refractivity contribution in [2.45, 2.75) is 11.8 Å². The van der Waals surface area contributed by atoms with Gasteiger partial charge in [-0.25, -0.2) is 12.8 Å². The fourth-order valence-corrected chi connectivity index (χ4v) is 4.69. The van der Waals surface area contributed by atoms with Gasteiger partial charge in [0.2, 0.25) is 0 Å². The molecule has 4 nitrogen and oxygen atoms in total. The van der Waals surface area contributed by atoms with Crippen LogP contribution >= 0.6 is 31.9 Å². The number of nitrogen functional groups attached to an aromatic ring is 1. The lowest BCUT2D eigenvalue weighted by molar-refractivity contribution is 0.600. The Bertz CT molecular complexity index is 787. The van der Waals surface area contributed by atoms with Crippen molar-refractivity contribution in [2.75, 3.05) is 10.5 Å². The number of hydrogen-bond acceptors (Lipinski definition) is 3. The van der Waals surface area contributed by atoms with Crippen LogP contribution in [0.25, 0.3) is 0 Å². The second kappa shape index (κ2) is 5.94. The molecule has 0 spiro atoms. The molecule has 0 saturated heterocycles. The van der Waals surface area contributed by atoms with Gasteiger partial charge in [-0.15, -0.1) is 0 Å². The molecule has 0 aliphatic carbocycles. The zero-order valence-corrected chi connectivity index (χ0v) is 14.8. The van der Waals surface area contributed by atoms with Gasteiger partial charge < -0.3 is 5.73 Å². The zero-order valence-electron chi connectivity index (χ0n) is 10.8. The van der Waals surface area contributed by atoms with E-state index in [1.165, 1.54) is 0 Å². The first-order valence-electron chi connectivity index (χ1n) is 5.74. The minimum Gasteiger partial charge on any atom is -0.396 e. The van der Waals surface area contributed by atoms with Crippen LogP contribution in [0, 0.1) is 12.7 Å². The molecule has 2 aromatic carbocycles. The minimum atomic E-state index is -3.87. The SMILES string of the molecule is Cc1cc(Br)c(NS(=O)(=O)c2ccc(F)c(N)c2)c(Br)c1. The largest absolute Gasteiger partial charge is 0.396 e. The van der Waals surface area contributed by atoms with E-state index in [1.807, 2.05) is 6.92 Å². The summed E-state index contributed by atoms with van der Waals surface area (Å²) in [5, 5.41) is 0. The van der Waals surface area contributed by atoms with Crippen molar-refractivity contribution in [3.63, 3.8) is 0 Å². The molecule has 2 rings (SSSR count). The molecule has 0 unspecified atom stereocenters. The van der Waals surface area contributed by atoms with Gasteiger partial charge in [0.05, 0.1) is 16.3 Å². The molecule has 0 atom stereocenters. The first-order valence-corrected chi connectivity index (χ1v) is 8.81. The molecule has 0 amide bonds. The van der Waals surface area contributed by atoms with Gasteiger partial charge in [-0.05, 0) is 74.7 Å². The van der Waals surface area contributed by atoms with Gasteiger partial charge in [0.1, 0.15) is 5.82 Å². The first-order chi connectivity index (χ1) is 9.70. The van der Waals surface area contributed by atoms with E-state index in [1.54, 1.807) is 12.1 Å². The summed E-state index contributed by atoms with van der Waals surface area (Å²) in [5.41, 5.74) is 6.51. The van der Waals surface area contributed by atoms with Crippen LogP contribution in [-0.2, 0) is 10.0 Å². The lowest BCUT2D eigenvalue weighted by Gasteiger charge is -2.13. The third-order valence-corrected chi connectivity index (χ3v) is 5.30. The summed E-state index contributed by atoms with van der Waals surface area (Å²) in [6.07, 6.45) is 0. The molecule has 0 heterocycles. The molecule has 2 aromatic rings. The van der Waals surface area contributed by atoms with Gasteiger partial charge in [0.25, 0.3) is 10.0 Å². The van der Waals surface area contributed by atoms with Crippen LogP contribution in [0.3, 0.4) is 0 Å². The fraction of sp³-hybridized carbons (Fsp3) is 0.0769. The molecule has 21 heavy (non-hydrogen) atoms. The van der Waals surface area contributed by atoms with Crippen molar-refractivity contribution in [3.05, 3.63) is 50.7 Å². The molecular weight excluding hydrogens is 427 g/mol. The number of sulfonamides is 1. The number of benzene rings is 2. The Morgan fingerprint density at radius 1 is 1.14 bits per heavy atom. The van der Waals surface area contributed by atoms with Crippen molar-refractivity contribution >= 4 is 53.3 Å². The Labute approximate surface area is 138 Å². The highest BCUT2D eigenvalue weighted by molar-refractivity contribution is 9.11. The van der Waals surface area contributed by atoms with Crippen molar-refractivity contribution in [1.29, 1.82) is 0 Å². The Balaban J connectivity index is 2.44. The number of anilines is 2. The molecule has 0 radical (unpaired) electrons. The van der Waals surface area contributed by atoms with Crippen LogP contribution in [0.1, 0.15) is 5.56 Å². The summed E-state index contributed by atoms with van der Waals surface area (Å²) >= 11 is 6.62. The maximum Gasteiger partial charge on any atom is 0.262 e. The molecule has 0 fully saturated rings. The number of rotatable bonds is 3. The van der Waals surface area contributed by atoms with Gasteiger partial charge in [0.15, 0.2) is 0 Å². The number of halogens is 3. The summed E-state index contributed by atoms with van der Waals surface area (Å²) in [5.74, 6) is -0.661. The van der Waals surface area contributed by atoms with Gasteiger partial charge in [-0.1, -0.05) is 0 Å². The van der Waals surface area contributed by atoms with Crippen LogP contribution in [0.15, 0.2) is 44.2 Å². The Morgan fingerprint density at radius 2 is 1.71 bits per heavy atom. The number of nitrogens with two attached hydrogens (primary N) is 1. The normalized spacial score (nSPS) is 11.4. The van der Waals surface area contributed by atoms with Crippen LogP contribution in [0.4, 0.5) is 15.8 Å². The Morgan fingerprint density at radius 3 is 2.24 bits per heavy atom. The fourth-order valence-electron chi connectivity index (χ4n) is 1.68. The van der Waals surface area contributed by atoms with Gasteiger partial charge in [-0.2, -0.15) is 0 Å². The van der Waals surface area contributed by atoms with E-state index in [0.717, 1.165) is 23.8 Å². The summed E-state index contributed by atoms with van der Waals surface area (Å²) in [6, 6.07) is 6.81. The Kier molecular flexibility index (Phi) is 4.60. The minimum absolute atomic E-state index is 0.110. The average molecular weight is 438 g/mol. The van der Waals surface area contributed by atoms with E-state index in [2.05, 4.69) is 36.6 Å². The standard InChI is InChI=1S/C13H11Br2FN2O2S/c1-7-4-9(14)13(10(15)5-7)18-21(19,20)8-2-3-11(16)12(17)6-8/h2-6,18H,17H2,1H3. The molecule has 0 aliphatic heterocycles. The second-order valence-electron chi connectivity index (χ2n) is 4.39. The van der Waals surface area contributed by atoms with Crippen molar-refractivity contribution in [1.82, 2.24) is 0 Å². The molecular formula is C13H11Br2FN2O2S. The smallest absolute Gasteiger partial charge is 0.262 e. The highest BCUT2D eigenvalue weighted by Crippen LogP contribution is 2.34. The lowest BCUT2D eigenvalue weighted by atomic mass is 10.2. The lowest BCUT2D eigenvalue weighted by Crippen LogP contribution is -2.14. The van der Waals surface area contributed by atoms with Crippen LogP contribution in [0.5, 0.6) is 0 Å². The summed E-state index contributed by atoms with van der Waals surface area (Å²) < 4.78 is 41.4. The quantitative estimate of drug-likeness (QED) is 0.711. The topological polar surface area (TPSA) is 72.2 Å². The van der Waals surface area contributed by atoms with E-state index >= 15 is 0 Å². The van der Waals surface area contributed by atoms with E-state index in [4.69, 9.17) is 5.73 Å². The van der Waals surface area contributed by atoms with Gasteiger partial charge >= 0.3 is 0 Å². The van der Waals surface area contributed by atoms with Gasteiger partial charge in [-0.3, -0.25) is 4.72 Å². The number of nitrogens with one attached hydrogen (secondary N) is 1. The van der Waals surface area contributed by atoms with Crippen LogP contribution < -0.4 is 10.5 Å². The van der Waals surface area contributed by atoms with Gasteiger partial charge in [0, 0.05) is 8.95 Å². The number of hydrogen-bond donors (Lipinski definition) is 2. The van der Waals surface area contributed by atoms with Crippen molar-refractivity contribution in [3.8, 4) is 0 Å². The molecule has 8 heteroatoms. The van der Waals surface area contributed by atoms with E-state index in [0.29, 0.717) is 14.6 Å². The highest BCUT2D eigenvalue weighted by Gasteiger charge is 2.19. The highest BCUT2D eigenvalue weighted by atomic mass is 79.9. The maximum absolute atomic E-state index is 13.1. The molecule has 0 saturated carbocycles. The monoisotopic (exact) mass is 436 g/mol. The maximum atomic E-state index is 13.1. The third kappa shape index (κ3) is 3.56. The van der Waals surface area contributed by atoms with E-state index in [-0.39, 0.29) is 10.6 Å². The van der Waals surface area contributed by atoms with Crippen LogP contribution in [-0.4, -0.2) is 8.42 Å². The third-order valence-electron chi connectivity index (χ3n) is 2.70.